The summed E-state index contributed by atoms with van der Waals surface area (Å²) in [4.78, 5) is 38.2. The Labute approximate surface area is 228 Å². The van der Waals surface area contributed by atoms with E-state index in [1.165, 1.54) is 48.0 Å². The lowest BCUT2D eigenvalue weighted by atomic mass is 9.92. The molecule has 3 atom stereocenters. The highest BCUT2D eigenvalue weighted by Crippen LogP contribution is 2.33. The number of amides is 2. The molecule has 2 amide bonds. The summed E-state index contributed by atoms with van der Waals surface area (Å²) in [5.41, 5.74) is 8.34. The van der Waals surface area contributed by atoms with Crippen molar-refractivity contribution in [2.45, 2.75) is 58.2 Å². The van der Waals surface area contributed by atoms with Gasteiger partial charge in [0.1, 0.15) is 6.04 Å². The van der Waals surface area contributed by atoms with Gasteiger partial charge in [-0.3, -0.25) is 14.4 Å². The molecule has 1 aliphatic heterocycles. The zero-order valence-corrected chi connectivity index (χ0v) is 22.1. The molecule has 1 aliphatic rings. The highest BCUT2D eigenvalue weighted by Gasteiger charge is 2.28. The Morgan fingerprint density at radius 2 is 1.85 bits per heavy atom. The Morgan fingerprint density at radius 1 is 1.15 bits per heavy atom. The summed E-state index contributed by atoms with van der Waals surface area (Å²) < 4.78 is 37.6. The van der Waals surface area contributed by atoms with Crippen molar-refractivity contribution in [3.8, 4) is 11.1 Å². The van der Waals surface area contributed by atoms with Gasteiger partial charge < -0.3 is 25.1 Å². The van der Waals surface area contributed by atoms with Gasteiger partial charge in [-0.25, -0.2) is 0 Å². The molecule has 206 valence electrons. The van der Waals surface area contributed by atoms with E-state index in [9.17, 15) is 23.2 Å². The van der Waals surface area contributed by atoms with Crippen LogP contribution in [0.5, 0.6) is 0 Å². The number of hydrogen-bond donors (Lipinski definition) is 2. The summed E-state index contributed by atoms with van der Waals surface area (Å²) in [6.45, 7) is 0.446. The topological polar surface area (TPSA) is 113 Å². The lowest BCUT2D eigenvalue weighted by Gasteiger charge is -2.26. The van der Waals surface area contributed by atoms with Crippen LogP contribution in [0.2, 0.25) is 5.02 Å². The molecule has 3 N–H and O–H groups in total. The zero-order chi connectivity index (χ0) is 28.3. The maximum atomic E-state index is 13.4. The minimum Gasteiger partial charge on any atom is -0.373 e. The minimum atomic E-state index is -3.05. The predicted molar refractivity (Wildman–Crippen MR) is 143 cm³/mol. The summed E-state index contributed by atoms with van der Waals surface area (Å²) in [7, 11) is 0. The van der Waals surface area contributed by atoms with E-state index >= 15 is 0 Å². The summed E-state index contributed by atoms with van der Waals surface area (Å²) in [5, 5.41) is 3.19. The van der Waals surface area contributed by atoms with E-state index in [1.54, 1.807) is 12.1 Å². The molecule has 39 heavy (non-hydrogen) atoms. The molecular formula is C28H28ClF2N3O5. The fraction of sp³-hybridized carbons (Fsp3) is 0.321. The molecule has 0 aliphatic carbocycles. The molecule has 2 heterocycles. The standard InChI is InChI=1S/C28H28ClF2N3O5/c1-15-9-18-3-6-20(29)11-22(18)23-12-25(35)34(13-19(23)14-38-15)24(10-16(2)39-28(30)31)27(37)33-21-7-4-17(5-8-21)26(32)36/h3-8,11-13,15-16,24,28H,9-10,14H2,1-2H3,(H2,32,36)(H,33,37). The first kappa shape index (κ1) is 28.4. The molecule has 2 aromatic carbocycles. The Morgan fingerprint density at radius 3 is 2.51 bits per heavy atom. The van der Waals surface area contributed by atoms with Crippen LogP contribution in [0.25, 0.3) is 11.1 Å². The first-order chi connectivity index (χ1) is 18.5. The van der Waals surface area contributed by atoms with Crippen LogP contribution >= 0.6 is 11.6 Å². The first-order valence-corrected chi connectivity index (χ1v) is 12.7. The van der Waals surface area contributed by atoms with Crippen LogP contribution in [-0.4, -0.2) is 35.2 Å². The SMILES string of the molecule is CC1Cc2ccc(Cl)cc2-c2cc(=O)n(C(CC(C)OC(F)F)C(=O)Nc3ccc(C(N)=O)cc3)cc2CO1. The summed E-state index contributed by atoms with van der Waals surface area (Å²) in [6.07, 6.45) is 0.754. The van der Waals surface area contributed by atoms with Gasteiger partial charge in [0.25, 0.3) is 5.56 Å². The number of nitrogens with two attached hydrogens (primary N) is 1. The van der Waals surface area contributed by atoms with E-state index in [-0.39, 0.29) is 24.7 Å². The number of rotatable bonds is 8. The Balaban J connectivity index is 1.75. The van der Waals surface area contributed by atoms with Gasteiger partial charge in [0.15, 0.2) is 0 Å². The number of hydrogen-bond acceptors (Lipinski definition) is 5. The molecular weight excluding hydrogens is 532 g/mol. The summed E-state index contributed by atoms with van der Waals surface area (Å²) >= 11 is 6.27. The average molecular weight is 560 g/mol. The molecule has 8 nitrogen and oxygen atoms in total. The van der Waals surface area contributed by atoms with Crippen molar-refractivity contribution >= 4 is 29.1 Å². The fourth-order valence-corrected chi connectivity index (χ4v) is 4.79. The van der Waals surface area contributed by atoms with Crippen LogP contribution in [-0.2, 0) is 27.3 Å². The van der Waals surface area contributed by atoms with Gasteiger partial charge in [-0.05, 0) is 73.4 Å². The number of ether oxygens (including phenoxy) is 2. The first-order valence-electron chi connectivity index (χ1n) is 12.3. The monoisotopic (exact) mass is 559 g/mol. The van der Waals surface area contributed by atoms with Crippen molar-refractivity contribution in [3.63, 3.8) is 0 Å². The Hall–Kier alpha value is -3.60. The average Bonchev–Trinajstić information content (AvgIpc) is 2.86. The Kier molecular flexibility index (Phi) is 8.79. The molecule has 0 fully saturated rings. The lowest BCUT2D eigenvalue weighted by Crippen LogP contribution is -2.36. The predicted octanol–water partition coefficient (Wildman–Crippen LogP) is 4.93. The second kappa shape index (κ2) is 12.1. The smallest absolute Gasteiger partial charge is 0.345 e. The zero-order valence-electron chi connectivity index (χ0n) is 21.3. The quantitative estimate of drug-likeness (QED) is 0.406. The number of halogens is 3. The number of benzene rings is 2. The normalized spacial score (nSPS) is 16.4. The van der Waals surface area contributed by atoms with Crippen molar-refractivity contribution in [2.75, 3.05) is 5.32 Å². The molecule has 3 aromatic rings. The highest BCUT2D eigenvalue weighted by atomic mass is 35.5. The molecule has 3 unspecified atom stereocenters. The van der Waals surface area contributed by atoms with Crippen LogP contribution < -0.4 is 16.6 Å². The molecule has 4 rings (SSSR count). The van der Waals surface area contributed by atoms with Crippen LogP contribution in [0.15, 0.2) is 59.5 Å². The van der Waals surface area contributed by atoms with Gasteiger partial charge in [0.2, 0.25) is 11.8 Å². The van der Waals surface area contributed by atoms with E-state index in [0.29, 0.717) is 28.3 Å². The largest absolute Gasteiger partial charge is 0.373 e. The number of anilines is 1. The second-order valence-electron chi connectivity index (χ2n) is 9.47. The van der Waals surface area contributed by atoms with Crippen molar-refractivity contribution in [3.05, 3.63) is 86.8 Å². The van der Waals surface area contributed by atoms with Gasteiger partial charge in [-0.1, -0.05) is 17.7 Å². The second-order valence-corrected chi connectivity index (χ2v) is 9.91. The number of fused-ring (bicyclic) bond motifs is 3. The van der Waals surface area contributed by atoms with Crippen molar-refractivity contribution < 1.29 is 27.8 Å². The third kappa shape index (κ3) is 6.89. The minimum absolute atomic E-state index is 0.125. The third-order valence-corrected chi connectivity index (χ3v) is 6.76. The van der Waals surface area contributed by atoms with Gasteiger partial charge in [-0.2, -0.15) is 8.78 Å². The fourth-order valence-electron chi connectivity index (χ4n) is 4.62. The molecule has 0 saturated heterocycles. The Bertz CT molecular complexity index is 1430. The number of pyridine rings is 1. The maximum absolute atomic E-state index is 13.4. The van der Waals surface area contributed by atoms with E-state index in [4.69, 9.17) is 22.1 Å². The van der Waals surface area contributed by atoms with E-state index < -0.39 is 36.1 Å². The molecule has 0 spiro atoms. The van der Waals surface area contributed by atoms with Gasteiger partial charge in [0.05, 0.1) is 18.8 Å². The molecule has 1 aromatic heterocycles. The number of carbonyl (C=O) groups is 2. The van der Waals surface area contributed by atoms with E-state index in [0.717, 1.165) is 11.1 Å². The van der Waals surface area contributed by atoms with Gasteiger partial charge in [0, 0.05) is 40.5 Å². The van der Waals surface area contributed by atoms with Crippen LogP contribution in [0.3, 0.4) is 0 Å². The molecule has 0 bridgehead atoms. The number of nitrogens with zero attached hydrogens (tertiary/aromatic N) is 1. The van der Waals surface area contributed by atoms with Gasteiger partial charge in [-0.15, -0.1) is 0 Å². The molecule has 11 heteroatoms. The number of primary amides is 1. The molecule has 0 radical (unpaired) electrons. The number of alkyl halides is 2. The lowest BCUT2D eigenvalue weighted by molar-refractivity contribution is -0.162. The van der Waals surface area contributed by atoms with Crippen LogP contribution in [0.4, 0.5) is 14.5 Å². The number of nitrogens with one attached hydrogen (secondary N) is 1. The van der Waals surface area contributed by atoms with Crippen LogP contribution in [0, 0.1) is 0 Å². The third-order valence-electron chi connectivity index (χ3n) is 6.52. The summed E-state index contributed by atoms with van der Waals surface area (Å²) in [6, 6.07) is 11.5. The molecule has 0 saturated carbocycles. The van der Waals surface area contributed by atoms with Crippen LogP contribution in [0.1, 0.15) is 47.8 Å². The number of aromatic nitrogens is 1. The van der Waals surface area contributed by atoms with E-state index in [2.05, 4.69) is 10.1 Å². The summed E-state index contributed by atoms with van der Waals surface area (Å²) in [5.74, 6) is -1.26. The highest BCUT2D eigenvalue weighted by molar-refractivity contribution is 6.30. The number of carbonyl (C=O) groups excluding carboxylic acids is 2. The van der Waals surface area contributed by atoms with Crippen molar-refractivity contribution in [1.82, 2.24) is 4.57 Å². The maximum Gasteiger partial charge on any atom is 0.345 e. The van der Waals surface area contributed by atoms with Crippen molar-refractivity contribution in [1.29, 1.82) is 0 Å². The van der Waals surface area contributed by atoms with Gasteiger partial charge >= 0.3 is 6.61 Å². The van der Waals surface area contributed by atoms with E-state index in [1.807, 2.05) is 13.0 Å². The van der Waals surface area contributed by atoms with Crippen molar-refractivity contribution in [2.24, 2.45) is 5.73 Å².